The van der Waals surface area contributed by atoms with Gasteiger partial charge >= 0.3 is 0 Å². The van der Waals surface area contributed by atoms with Crippen LogP contribution in [0.15, 0.2) is 0 Å². The van der Waals surface area contributed by atoms with E-state index in [4.69, 9.17) is 5.73 Å². The SMILES string of the molecule is CCC(C)CC(N)C1(N(CC)CC)CCCC1. The molecule has 0 aliphatic heterocycles. The molecule has 2 nitrogen and oxygen atoms in total. The van der Waals surface area contributed by atoms with Gasteiger partial charge in [0.15, 0.2) is 0 Å². The summed E-state index contributed by atoms with van der Waals surface area (Å²) < 4.78 is 0. The molecule has 0 radical (unpaired) electrons. The summed E-state index contributed by atoms with van der Waals surface area (Å²) in [6.45, 7) is 11.5. The molecule has 2 heteroatoms. The van der Waals surface area contributed by atoms with Crippen molar-refractivity contribution in [1.29, 1.82) is 0 Å². The Kier molecular flexibility index (Phi) is 5.94. The van der Waals surface area contributed by atoms with Crippen LogP contribution < -0.4 is 5.73 Å². The molecule has 0 aromatic rings. The summed E-state index contributed by atoms with van der Waals surface area (Å²) in [6, 6.07) is 0.361. The fourth-order valence-corrected chi connectivity index (χ4v) is 3.58. The van der Waals surface area contributed by atoms with E-state index in [1.807, 2.05) is 0 Å². The summed E-state index contributed by atoms with van der Waals surface area (Å²) in [6.07, 6.45) is 7.79. The van der Waals surface area contributed by atoms with E-state index in [2.05, 4.69) is 32.6 Å². The standard InChI is InChI=1S/C15H32N2/c1-5-13(4)12-14(16)15(10-8-9-11-15)17(6-2)7-3/h13-14H,5-12,16H2,1-4H3. The first-order valence-electron chi connectivity index (χ1n) is 7.61. The summed E-state index contributed by atoms with van der Waals surface area (Å²) in [5.41, 5.74) is 6.91. The number of nitrogens with zero attached hydrogens (tertiary/aromatic N) is 1. The van der Waals surface area contributed by atoms with Crippen LogP contribution >= 0.6 is 0 Å². The highest BCUT2D eigenvalue weighted by molar-refractivity contribution is 5.02. The molecule has 102 valence electrons. The van der Waals surface area contributed by atoms with Crippen LogP contribution in [0.25, 0.3) is 0 Å². The highest BCUT2D eigenvalue weighted by Crippen LogP contribution is 2.39. The number of hydrogen-bond acceptors (Lipinski definition) is 2. The van der Waals surface area contributed by atoms with E-state index < -0.39 is 0 Å². The maximum Gasteiger partial charge on any atom is 0.0360 e. The van der Waals surface area contributed by atoms with Gasteiger partial charge in [-0.25, -0.2) is 0 Å². The van der Waals surface area contributed by atoms with Crippen LogP contribution in [-0.4, -0.2) is 29.6 Å². The zero-order valence-electron chi connectivity index (χ0n) is 12.3. The van der Waals surface area contributed by atoms with Crippen molar-refractivity contribution in [1.82, 2.24) is 4.90 Å². The highest BCUT2D eigenvalue weighted by atomic mass is 15.2. The first kappa shape index (κ1) is 15.0. The van der Waals surface area contributed by atoms with Crippen molar-refractivity contribution < 1.29 is 0 Å². The van der Waals surface area contributed by atoms with Crippen LogP contribution in [0.1, 0.15) is 66.2 Å². The lowest BCUT2D eigenvalue weighted by molar-refractivity contribution is 0.0687. The second-order valence-electron chi connectivity index (χ2n) is 5.84. The Hall–Kier alpha value is -0.0800. The van der Waals surface area contributed by atoms with Crippen LogP contribution in [-0.2, 0) is 0 Å². The fraction of sp³-hybridized carbons (Fsp3) is 1.00. The first-order valence-corrected chi connectivity index (χ1v) is 7.61. The lowest BCUT2D eigenvalue weighted by atomic mass is 9.81. The Morgan fingerprint density at radius 2 is 1.65 bits per heavy atom. The molecule has 1 aliphatic carbocycles. The minimum Gasteiger partial charge on any atom is -0.326 e. The molecule has 0 aromatic carbocycles. The molecule has 0 spiro atoms. The van der Waals surface area contributed by atoms with E-state index in [0.29, 0.717) is 11.6 Å². The van der Waals surface area contributed by atoms with Crippen molar-refractivity contribution in [3.05, 3.63) is 0 Å². The van der Waals surface area contributed by atoms with Crippen molar-refractivity contribution >= 4 is 0 Å². The molecule has 1 aliphatic rings. The number of likely N-dealkylation sites (N-methyl/N-ethyl adjacent to an activating group) is 1. The zero-order valence-corrected chi connectivity index (χ0v) is 12.3. The second kappa shape index (κ2) is 6.75. The van der Waals surface area contributed by atoms with Crippen molar-refractivity contribution in [2.24, 2.45) is 11.7 Å². The minimum absolute atomic E-state index is 0.312. The van der Waals surface area contributed by atoms with Gasteiger partial charge in [-0.05, 0) is 38.3 Å². The van der Waals surface area contributed by atoms with Crippen molar-refractivity contribution in [3.63, 3.8) is 0 Å². The topological polar surface area (TPSA) is 29.3 Å². The smallest absolute Gasteiger partial charge is 0.0360 e. The molecule has 1 rings (SSSR count). The Balaban J connectivity index is 2.76. The lowest BCUT2D eigenvalue weighted by Crippen LogP contribution is -2.58. The maximum atomic E-state index is 6.60. The van der Waals surface area contributed by atoms with Crippen LogP contribution in [0.2, 0.25) is 0 Å². The predicted octanol–water partition coefficient (Wildman–Crippen LogP) is 3.40. The van der Waals surface area contributed by atoms with Gasteiger partial charge in [0.25, 0.3) is 0 Å². The van der Waals surface area contributed by atoms with Gasteiger partial charge in [0.05, 0.1) is 0 Å². The average Bonchev–Trinajstić information content (AvgIpc) is 2.81. The van der Waals surface area contributed by atoms with Crippen LogP contribution in [0.3, 0.4) is 0 Å². The molecule has 0 aromatic heterocycles. The summed E-state index contributed by atoms with van der Waals surface area (Å²) in [4.78, 5) is 2.63. The summed E-state index contributed by atoms with van der Waals surface area (Å²) >= 11 is 0. The third kappa shape index (κ3) is 3.23. The second-order valence-corrected chi connectivity index (χ2v) is 5.84. The zero-order chi connectivity index (χ0) is 12.9. The average molecular weight is 240 g/mol. The normalized spacial score (nSPS) is 22.9. The van der Waals surface area contributed by atoms with E-state index in [9.17, 15) is 0 Å². The Bertz CT molecular complexity index is 205. The molecule has 2 N–H and O–H groups in total. The lowest BCUT2D eigenvalue weighted by Gasteiger charge is -2.45. The Labute approximate surface area is 108 Å². The fourth-order valence-electron chi connectivity index (χ4n) is 3.58. The van der Waals surface area contributed by atoms with Crippen molar-refractivity contribution in [3.8, 4) is 0 Å². The largest absolute Gasteiger partial charge is 0.326 e. The molecule has 0 bridgehead atoms. The van der Waals surface area contributed by atoms with Crippen LogP contribution in [0, 0.1) is 5.92 Å². The maximum absolute atomic E-state index is 6.60. The molecule has 0 heterocycles. The van der Waals surface area contributed by atoms with E-state index in [-0.39, 0.29) is 0 Å². The van der Waals surface area contributed by atoms with E-state index in [1.165, 1.54) is 38.5 Å². The third-order valence-corrected chi connectivity index (χ3v) is 4.91. The quantitative estimate of drug-likeness (QED) is 0.739. The van der Waals surface area contributed by atoms with Gasteiger partial charge in [-0.1, -0.05) is 47.0 Å². The molecular weight excluding hydrogens is 208 g/mol. The third-order valence-electron chi connectivity index (χ3n) is 4.91. The molecule has 1 fully saturated rings. The van der Waals surface area contributed by atoms with Gasteiger partial charge in [0.2, 0.25) is 0 Å². The monoisotopic (exact) mass is 240 g/mol. The Morgan fingerprint density at radius 3 is 2.06 bits per heavy atom. The van der Waals surface area contributed by atoms with Crippen LogP contribution in [0.5, 0.6) is 0 Å². The first-order chi connectivity index (χ1) is 8.10. The van der Waals surface area contributed by atoms with E-state index in [1.54, 1.807) is 0 Å². The molecule has 2 atom stereocenters. The minimum atomic E-state index is 0.312. The van der Waals surface area contributed by atoms with Gasteiger partial charge in [-0.2, -0.15) is 0 Å². The molecule has 0 saturated heterocycles. The number of nitrogens with two attached hydrogens (primary N) is 1. The van der Waals surface area contributed by atoms with Gasteiger partial charge in [0, 0.05) is 11.6 Å². The molecular formula is C15H32N2. The molecule has 0 amide bonds. The molecule has 1 saturated carbocycles. The van der Waals surface area contributed by atoms with Gasteiger partial charge in [-0.3, -0.25) is 4.90 Å². The summed E-state index contributed by atoms with van der Waals surface area (Å²) in [5, 5.41) is 0. The van der Waals surface area contributed by atoms with Gasteiger partial charge < -0.3 is 5.73 Å². The van der Waals surface area contributed by atoms with Crippen molar-refractivity contribution in [2.75, 3.05) is 13.1 Å². The predicted molar refractivity (Wildman–Crippen MR) is 76.2 cm³/mol. The van der Waals surface area contributed by atoms with E-state index in [0.717, 1.165) is 19.0 Å². The van der Waals surface area contributed by atoms with Crippen LogP contribution in [0.4, 0.5) is 0 Å². The van der Waals surface area contributed by atoms with E-state index >= 15 is 0 Å². The number of rotatable bonds is 7. The molecule has 17 heavy (non-hydrogen) atoms. The summed E-state index contributed by atoms with van der Waals surface area (Å²) in [7, 11) is 0. The highest BCUT2D eigenvalue weighted by Gasteiger charge is 2.43. The van der Waals surface area contributed by atoms with Crippen molar-refractivity contribution in [2.45, 2.75) is 77.8 Å². The molecule has 2 unspecified atom stereocenters. The summed E-state index contributed by atoms with van der Waals surface area (Å²) in [5.74, 6) is 0.762. The number of hydrogen-bond donors (Lipinski definition) is 1. The van der Waals surface area contributed by atoms with Gasteiger partial charge in [-0.15, -0.1) is 0 Å². The Morgan fingerprint density at radius 1 is 1.12 bits per heavy atom. The van der Waals surface area contributed by atoms with Gasteiger partial charge in [0.1, 0.15) is 0 Å².